The average molecular weight is 269 g/mol. The SMILES string of the molecule is OC(c1ccccc1)c1nc(-c2cncnc2)cs1. The van der Waals surface area contributed by atoms with E-state index in [-0.39, 0.29) is 0 Å². The Morgan fingerprint density at radius 3 is 2.53 bits per heavy atom. The Morgan fingerprint density at radius 1 is 1.05 bits per heavy atom. The predicted octanol–water partition coefficient (Wildman–Crippen LogP) is 2.68. The first kappa shape index (κ1) is 12.0. The van der Waals surface area contributed by atoms with Crippen molar-refractivity contribution in [2.45, 2.75) is 6.10 Å². The van der Waals surface area contributed by atoms with Gasteiger partial charge in [-0.25, -0.2) is 15.0 Å². The van der Waals surface area contributed by atoms with Crippen LogP contribution in [0.15, 0.2) is 54.4 Å². The van der Waals surface area contributed by atoms with Crippen LogP contribution in [-0.2, 0) is 0 Å². The number of hydrogen-bond donors (Lipinski definition) is 1. The fourth-order valence-electron chi connectivity index (χ4n) is 1.76. The van der Waals surface area contributed by atoms with E-state index in [2.05, 4.69) is 15.0 Å². The van der Waals surface area contributed by atoms with E-state index in [0.717, 1.165) is 16.8 Å². The Labute approximate surface area is 114 Å². The molecule has 3 aromatic rings. The smallest absolute Gasteiger partial charge is 0.131 e. The van der Waals surface area contributed by atoms with Crippen LogP contribution in [0.1, 0.15) is 16.7 Å². The quantitative estimate of drug-likeness (QED) is 0.794. The van der Waals surface area contributed by atoms with Crippen molar-refractivity contribution < 1.29 is 5.11 Å². The van der Waals surface area contributed by atoms with E-state index < -0.39 is 6.10 Å². The zero-order valence-electron chi connectivity index (χ0n) is 9.97. The molecule has 19 heavy (non-hydrogen) atoms. The van der Waals surface area contributed by atoms with Gasteiger partial charge in [0, 0.05) is 23.3 Å². The molecule has 1 atom stereocenters. The van der Waals surface area contributed by atoms with Crippen LogP contribution in [0.2, 0.25) is 0 Å². The van der Waals surface area contributed by atoms with Gasteiger partial charge >= 0.3 is 0 Å². The molecule has 0 aliphatic rings. The summed E-state index contributed by atoms with van der Waals surface area (Å²) in [4.78, 5) is 12.4. The van der Waals surface area contributed by atoms with Crippen molar-refractivity contribution in [2.75, 3.05) is 0 Å². The Bertz CT molecular complexity index is 655. The molecule has 2 heterocycles. The first-order valence-corrected chi connectivity index (χ1v) is 6.66. The molecule has 1 N–H and O–H groups in total. The standard InChI is InChI=1S/C14H11N3OS/c18-13(10-4-2-1-3-5-10)14-17-12(8-19-14)11-6-15-9-16-7-11/h1-9,13,18H. The number of thiazole rings is 1. The molecule has 3 rings (SSSR count). The number of rotatable bonds is 3. The van der Waals surface area contributed by atoms with Crippen LogP contribution in [0.3, 0.4) is 0 Å². The molecule has 0 aliphatic heterocycles. The minimum absolute atomic E-state index is 0.671. The van der Waals surface area contributed by atoms with Crippen LogP contribution in [0.25, 0.3) is 11.3 Å². The highest BCUT2D eigenvalue weighted by atomic mass is 32.1. The lowest BCUT2D eigenvalue weighted by molar-refractivity contribution is 0.220. The van der Waals surface area contributed by atoms with Gasteiger partial charge in [0.05, 0.1) is 5.69 Å². The van der Waals surface area contributed by atoms with Crippen molar-refractivity contribution in [3.8, 4) is 11.3 Å². The first-order chi connectivity index (χ1) is 9.34. The lowest BCUT2D eigenvalue weighted by atomic mass is 10.1. The van der Waals surface area contributed by atoms with Crippen LogP contribution in [0, 0.1) is 0 Å². The van der Waals surface area contributed by atoms with E-state index in [9.17, 15) is 5.11 Å². The van der Waals surface area contributed by atoms with Gasteiger partial charge in [0.25, 0.3) is 0 Å². The minimum Gasteiger partial charge on any atom is -0.381 e. The first-order valence-electron chi connectivity index (χ1n) is 5.78. The second kappa shape index (κ2) is 5.26. The molecule has 0 fully saturated rings. The number of hydrogen-bond acceptors (Lipinski definition) is 5. The third-order valence-electron chi connectivity index (χ3n) is 2.73. The molecule has 2 aromatic heterocycles. The van der Waals surface area contributed by atoms with Gasteiger partial charge in [-0.2, -0.15) is 0 Å². The highest BCUT2D eigenvalue weighted by Crippen LogP contribution is 2.28. The third kappa shape index (κ3) is 2.52. The number of aliphatic hydroxyl groups is 1. The van der Waals surface area contributed by atoms with E-state index in [4.69, 9.17) is 0 Å². The van der Waals surface area contributed by atoms with E-state index in [1.165, 1.54) is 17.7 Å². The second-order valence-corrected chi connectivity index (χ2v) is 4.90. The molecule has 0 saturated heterocycles. The van der Waals surface area contributed by atoms with Gasteiger partial charge in [-0.1, -0.05) is 30.3 Å². The summed E-state index contributed by atoms with van der Waals surface area (Å²) >= 11 is 1.43. The van der Waals surface area contributed by atoms with Gasteiger partial charge in [0.1, 0.15) is 17.4 Å². The van der Waals surface area contributed by atoms with Crippen LogP contribution in [-0.4, -0.2) is 20.1 Å². The highest BCUT2D eigenvalue weighted by Gasteiger charge is 2.15. The number of aromatic nitrogens is 3. The topological polar surface area (TPSA) is 58.9 Å². The zero-order valence-corrected chi connectivity index (χ0v) is 10.8. The number of aliphatic hydroxyl groups excluding tert-OH is 1. The van der Waals surface area contributed by atoms with Gasteiger partial charge in [0.15, 0.2) is 0 Å². The molecule has 0 aliphatic carbocycles. The molecule has 4 nitrogen and oxygen atoms in total. The van der Waals surface area contributed by atoms with Gasteiger partial charge in [-0.05, 0) is 5.56 Å². The monoisotopic (exact) mass is 269 g/mol. The van der Waals surface area contributed by atoms with Crippen molar-refractivity contribution >= 4 is 11.3 Å². The summed E-state index contributed by atoms with van der Waals surface area (Å²) in [6.45, 7) is 0. The molecule has 5 heteroatoms. The van der Waals surface area contributed by atoms with Crippen molar-refractivity contribution in [1.82, 2.24) is 15.0 Å². The van der Waals surface area contributed by atoms with E-state index >= 15 is 0 Å². The van der Waals surface area contributed by atoms with E-state index in [1.54, 1.807) is 12.4 Å². The van der Waals surface area contributed by atoms with Crippen molar-refractivity contribution in [3.63, 3.8) is 0 Å². The maximum Gasteiger partial charge on any atom is 0.131 e. The van der Waals surface area contributed by atoms with E-state index in [0.29, 0.717) is 5.01 Å². The fourth-order valence-corrected chi connectivity index (χ4v) is 2.59. The second-order valence-electron chi connectivity index (χ2n) is 4.01. The van der Waals surface area contributed by atoms with Gasteiger partial charge in [0.2, 0.25) is 0 Å². The van der Waals surface area contributed by atoms with Gasteiger partial charge in [-0.15, -0.1) is 11.3 Å². The van der Waals surface area contributed by atoms with Crippen LogP contribution >= 0.6 is 11.3 Å². The molecule has 1 aromatic carbocycles. The van der Waals surface area contributed by atoms with Crippen LogP contribution < -0.4 is 0 Å². The molecule has 94 valence electrons. The van der Waals surface area contributed by atoms with Crippen LogP contribution in [0.5, 0.6) is 0 Å². The largest absolute Gasteiger partial charge is 0.381 e. The summed E-state index contributed by atoms with van der Waals surface area (Å²) in [6.07, 6.45) is 4.21. The third-order valence-corrected chi connectivity index (χ3v) is 3.62. The van der Waals surface area contributed by atoms with Crippen molar-refractivity contribution in [2.24, 2.45) is 0 Å². The van der Waals surface area contributed by atoms with Crippen LogP contribution in [0.4, 0.5) is 0 Å². The Balaban J connectivity index is 1.90. The van der Waals surface area contributed by atoms with Crippen molar-refractivity contribution in [1.29, 1.82) is 0 Å². The molecular weight excluding hydrogens is 258 g/mol. The molecular formula is C14H11N3OS. The molecule has 0 spiro atoms. The zero-order chi connectivity index (χ0) is 13.1. The molecule has 1 unspecified atom stereocenters. The lowest BCUT2D eigenvalue weighted by Crippen LogP contribution is -1.98. The Kier molecular flexibility index (Phi) is 3.31. The molecule has 0 radical (unpaired) electrons. The van der Waals surface area contributed by atoms with Crippen molar-refractivity contribution in [3.05, 3.63) is 65.0 Å². The summed E-state index contributed by atoms with van der Waals surface area (Å²) < 4.78 is 0. The normalized spacial score (nSPS) is 12.3. The van der Waals surface area contributed by atoms with Gasteiger partial charge < -0.3 is 5.11 Å². The number of nitrogens with zero attached hydrogens (tertiary/aromatic N) is 3. The fraction of sp³-hybridized carbons (Fsp3) is 0.0714. The number of benzene rings is 1. The molecule has 0 amide bonds. The molecule has 0 saturated carbocycles. The Hall–Kier alpha value is -2.11. The van der Waals surface area contributed by atoms with E-state index in [1.807, 2.05) is 35.7 Å². The highest BCUT2D eigenvalue weighted by molar-refractivity contribution is 7.10. The van der Waals surface area contributed by atoms with Gasteiger partial charge in [-0.3, -0.25) is 0 Å². The summed E-state index contributed by atoms with van der Waals surface area (Å²) in [5.74, 6) is 0. The molecule has 0 bridgehead atoms. The lowest BCUT2D eigenvalue weighted by Gasteiger charge is -2.06. The predicted molar refractivity (Wildman–Crippen MR) is 73.6 cm³/mol. The summed E-state index contributed by atoms with van der Waals surface area (Å²) in [5.41, 5.74) is 2.48. The maximum absolute atomic E-state index is 10.3. The maximum atomic E-state index is 10.3. The summed E-state index contributed by atoms with van der Waals surface area (Å²) in [5, 5.41) is 12.8. The minimum atomic E-state index is -0.690. The Morgan fingerprint density at radius 2 is 1.79 bits per heavy atom. The summed E-state index contributed by atoms with van der Waals surface area (Å²) in [7, 11) is 0. The average Bonchev–Trinajstić information content (AvgIpc) is 2.98. The summed E-state index contributed by atoms with van der Waals surface area (Å²) in [6, 6.07) is 9.50.